The molecule has 5 nitrogen and oxygen atoms in total. The number of rotatable bonds is 5. The normalized spacial score (nSPS) is 20.4. The molecule has 0 saturated carbocycles. The van der Waals surface area contributed by atoms with E-state index in [-0.39, 0.29) is 18.2 Å². The van der Waals surface area contributed by atoms with Crippen molar-refractivity contribution in [3.63, 3.8) is 0 Å². The summed E-state index contributed by atoms with van der Waals surface area (Å²) in [4.78, 5) is 14.3. The van der Waals surface area contributed by atoms with Crippen molar-refractivity contribution in [1.82, 2.24) is 10.2 Å². The summed E-state index contributed by atoms with van der Waals surface area (Å²) < 4.78 is 0. The highest BCUT2D eigenvalue weighted by molar-refractivity contribution is 5.89. The predicted molar refractivity (Wildman–Crippen MR) is 99.5 cm³/mol. The molecule has 0 radical (unpaired) electrons. The summed E-state index contributed by atoms with van der Waals surface area (Å²) in [6.07, 6.45) is 0.341. The van der Waals surface area contributed by atoms with Gasteiger partial charge in [-0.3, -0.25) is 4.90 Å². The number of aryl methyl sites for hydroxylation is 1. The first-order chi connectivity index (χ1) is 12.1. The van der Waals surface area contributed by atoms with E-state index in [1.165, 1.54) is 5.56 Å². The second-order valence-corrected chi connectivity index (χ2v) is 6.66. The average molecular weight is 339 g/mol. The van der Waals surface area contributed by atoms with Crippen LogP contribution in [-0.2, 0) is 6.54 Å². The van der Waals surface area contributed by atoms with Crippen LogP contribution >= 0.6 is 0 Å². The van der Waals surface area contributed by atoms with E-state index in [4.69, 9.17) is 0 Å². The number of benzene rings is 2. The lowest BCUT2D eigenvalue weighted by Gasteiger charge is -2.24. The maximum Gasteiger partial charge on any atom is 0.319 e. The molecule has 5 heteroatoms. The molecule has 1 aliphatic heterocycles. The number of hydrogen-bond donors (Lipinski definition) is 3. The van der Waals surface area contributed by atoms with E-state index in [1.54, 1.807) is 0 Å². The summed E-state index contributed by atoms with van der Waals surface area (Å²) >= 11 is 0. The third-order valence-corrected chi connectivity index (χ3v) is 4.54. The van der Waals surface area contributed by atoms with Gasteiger partial charge in [-0.05, 0) is 31.0 Å². The molecular weight excluding hydrogens is 314 g/mol. The Bertz CT molecular complexity index is 688. The Kier molecular flexibility index (Phi) is 5.68. The van der Waals surface area contributed by atoms with Gasteiger partial charge in [-0.2, -0.15) is 0 Å². The molecule has 2 amide bonds. The number of anilines is 1. The summed E-state index contributed by atoms with van der Waals surface area (Å²) in [7, 11) is 0. The number of aliphatic hydroxyl groups excluding tert-OH is 1. The number of likely N-dealkylation sites (tertiary alicyclic amines) is 1. The third-order valence-electron chi connectivity index (χ3n) is 4.54. The molecule has 25 heavy (non-hydrogen) atoms. The van der Waals surface area contributed by atoms with Gasteiger partial charge >= 0.3 is 6.03 Å². The van der Waals surface area contributed by atoms with Crippen LogP contribution in [0, 0.1) is 6.92 Å². The minimum Gasteiger partial charge on any atom is -0.392 e. The third kappa shape index (κ3) is 5.05. The fourth-order valence-electron chi connectivity index (χ4n) is 3.20. The molecule has 3 rings (SSSR count). The van der Waals surface area contributed by atoms with Gasteiger partial charge < -0.3 is 15.7 Å². The lowest BCUT2D eigenvalue weighted by atomic mass is 10.1. The number of urea groups is 1. The average Bonchev–Trinajstić information content (AvgIpc) is 2.95. The van der Waals surface area contributed by atoms with E-state index in [2.05, 4.69) is 27.7 Å². The molecule has 3 N–H and O–H groups in total. The number of amides is 2. The maximum atomic E-state index is 12.1. The second kappa shape index (κ2) is 8.14. The summed E-state index contributed by atoms with van der Waals surface area (Å²) in [5.41, 5.74) is 3.14. The number of nitrogens with one attached hydrogen (secondary N) is 2. The van der Waals surface area contributed by atoms with Gasteiger partial charge in [0.1, 0.15) is 0 Å². The molecule has 2 aromatic rings. The molecule has 2 atom stereocenters. The van der Waals surface area contributed by atoms with Crippen LogP contribution in [0.25, 0.3) is 0 Å². The topological polar surface area (TPSA) is 64.6 Å². The van der Waals surface area contributed by atoms with E-state index in [0.29, 0.717) is 19.5 Å². The van der Waals surface area contributed by atoms with Crippen molar-refractivity contribution in [2.45, 2.75) is 32.0 Å². The minimum absolute atomic E-state index is 0.138. The van der Waals surface area contributed by atoms with Crippen LogP contribution in [0.2, 0.25) is 0 Å². The quantitative estimate of drug-likeness (QED) is 0.785. The first-order valence-corrected chi connectivity index (χ1v) is 8.68. The Morgan fingerprint density at radius 1 is 1.16 bits per heavy atom. The Hall–Kier alpha value is -2.37. The molecular formula is C20H25N3O2. The fraction of sp³-hybridized carbons (Fsp3) is 0.350. The largest absolute Gasteiger partial charge is 0.392 e. The molecule has 0 bridgehead atoms. The van der Waals surface area contributed by atoms with Gasteiger partial charge in [0.05, 0.1) is 6.10 Å². The standard InChI is InChI=1S/C20H25N3O2/c1-15-7-9-17(10-8-15)22-20(25)21-12-18-11-19(24)14-23(18)13-16-5-3-2-4-6-16/h2-10,18-19,24H,11-14H2,1H3,(H2,21,22,25). The Labute approximate surface area is 148 Å². The Morgan fingerprint density at radius 3 is 2.60 bits per heavy atom. The molecule has 0 spiro atoms. The van der Waals surface area contributed by atoms with Gasteiger partial charge in [-0.1, -0.05) is 48.0 Å². The first-order valence-electron chi connectivity index (χ1n) is 8.68. The predicted octanol–water partition coefficient (Wildman–Crippen LogP) is 2.75. The highest BCUT2D eigenvalue weighted by atomic mass is 16.3. The van der Waals surface area contributed by atoms with Crippen molar-refractivity contribution in [3.8, 4) is 0 Å². The van der Waals surface area contributed by atoms with Crippen molar-refractivity contribution in [1.29, 1.82) is 0 Å². The summed E-state index contributed by atoms with van der Waals surface area (Å²) in [5, 5.41) is 15.8. The van der Waals surface area contributed by atoms with Crippen molar-refractivity contribution in [2.24, 2.45) is 0 Å². The van der Waals surface area contributed by atoms with Crippen LogP contribution in [-0.4, -0.2) is 41.3 Å². The van der Waals surface area contributed by atoms with Crippen molar-refractivity contribution >= 4 is 11.7 Å². The minimum atomic E-state index is -0.337. The number of aliphatic hydroxyl groups is 1. The molecule has 0 aliphatic carbocycles. The monoisotopic (exact) mass is 339 g/mol. The number of nitrogens with zero attached hydrogens (tertiary/aromatic N) is 1. The fourth-order valence-corrected chi connectivity index (χ4v) is 3.20. The molecule has 0 aromatic heterocycles. The zero-order valence-corrected chi connectivity index (χ0v) is 14.5. The summed E-state index contributed by atoms with van der Waals surface area (Å²) in [6.45, 7) is 3.95. The molecule has 1 fully saturated rings. The number of β-amino-alcohol motifs (C(OH)–C–C–N with tert-alkyl or cyclic N) is 1. The first kappa shape index (κ1) is 17.5. The molecule has 1 saturated heterocycles. The zero-order valence-electron chi connectivity index (χ0n) is 14.5. The highest BCUT2D eigenvalue weighted by Crippen LogP contribution is 2.20. The van der Waals surface area contributed by atoms with Gasteiger partial charge in [-0.25, -0.2) is 4.79 Å². The molecule has 2 aromatic carbocycles. The van der Waals surface area contributed by atoms with Gasteiger partial charge in [-0.15, -0.1) is 0 Å². The Balaban J connectivity index is 1.51. The second-order valence-electron chi connectivity index (χ2n) is 6.66. The van der Waals surface area contributed by atoms with Gasteiger partial charge in [0, 0.05) is 31.4 Å². The van der Waals surface area contributed by atoms with Crippen LogP contribution < -0.4 is 10.6 Å². The van der Waals surface area contributed by atoms with E-state index < -0.39 is 0 Å². The number of carbonyl (C=O) groups excluding carboxylic acids is 1. The van der Waals surface area contributed by atoms with Crippen molar-refractivity contribution in [3.05, 3.63) is 65.7 Å². The van der Waals surface area contributed by atoms with E-state index in [1.807, 2.05) is 49.4 Å². The van der Waals surface area contributed by atoms with Gasteiger partial charge in [0.25, 0.3) is 0 Å². The van der Waals surface area contributed by atoms with Gasteiger partial charge in [0.2, 0.25) is 0 Å². The van der Waals surface area contributed by atoms with Crippen LogP contribution in [0.15, 0.2) is 54.6 Å². The molecule has 132 valence electrons. The van der Waals surface area contributed by atoms with E-state index in [0.717, 1.165) is 17.8 Å². The van der Waals surface area contributed by atoms with Crippen LogP contribution in [0.1, 0.15) is 17.5 Å². The molecule has 2 unspecified atom stereocenters. The zero-order chi connectivity index (χ0) is 17.6. The van der Waals surface area contributed by atoms with E-state index in [9.17, 15) is 9.90 Å². The van der Waals surface area contributed by atoms with Gasteiger partial charge in [0.15, 0.2) is 0 Å². The van der Waals surface area contributed by atoms with Crippen LogP contribution in [0.4, 0.5) is 10.5 Å². The lowest BCUT2D eigenvalue weighted by Crippen LogP contribution is -2.41. The van der Waals surface area contributed by atoms with Crippen molar-refractivity contribution < 1.29 is 9.90 Å². The molecule has 1 heterocycles. The van der Waals surface area contributed by atoms with Crippen LogP contribution in [0.3, 0.4) is 0 Å². The summed E-state index contributed by atoms with van der Waals surface area (Å²) in [6, 6.07) is 17.8. The number of hydrogen-bond acceptors (Lipinski definition) is 3. The SMILES string of the molecule is Cc1ccc(NC(=O)NCC2CC(O)CN2Cc2ccccc2)cc1. The number of carbonyl (C=O) groups is 1. The van der Waals surface area contributed by atoms with Crippen LogP contribution in [0.5, 0.6) is 0 Å². The summed E-state index contributed by atoms with van der Waals surface area (Å²) in [5.74, 6) is 0. The van der Waals surface area contributed by atoms with Crippen molar-refractivity contribution in [2.75, 3.05) is 18.4 Å². The maximum absolute atomic E-state index is 12.1. The lowest BCUT2D eigenvalue weighted by molar-refractivity contribution is 0.172. The Morgan fingerprint density at radius 2 is 1.88 bits per heavy atom. The van der Waals surface area contributed by atoms with E-state index >= 15 is 0 Å². The molecule has 1 aliphatic rings. The highest BCUT2D eigenvalue weighted by Gasteiger charge is 2.30. The smallest absolute Gasteiger partial charge is 0.319 e.